The minimum atomic E-state index is -0.427. The van der Waals surface area contributed by atoms with Gasteiger partial charge in [-0.3, -0.25) is 4.79 Å². The number of ether oxygens (including phenoxy) is 1. The van der Waals surface area contributed by atoms with Crippen molar-refractivity contribution in [2.24, 2.45) is 0 Å². The van der Waals surface area contributed by atoms with Crippen LogP contribution in [-0.2, 0) is 4.79 Å². The van der Waals surface area contributed by atoms with Crippen LogP contribution in [0.3, 0.4) is 0 Å². The van der Waals surface area contributed by atoms with Crippen molar-refractivity contribution in [3.63, 3.8) is 0 Å². The van der Waals surface area contributed by atoms with E-state index >= 15 is 0 Å². The highest BCUT2D eigenvalue weighted by molar-refractivity contribution is 5.98. The number of amides is 3. The second-order valence-electron chi connectivity index (χ2n) is 7.33. The van der Waals surface area contributed by atoms with Gasteiger partial charge in [0.2, 0.25) is 5.91 Å². The predicted octanol–water partition coefficient (Wildman–Crippen LogP) is 3.45. The quantitative estimate of drug-likeness (QED) is 0.865. The number of benzene rings is 1. The fourth-order valence-corrected chi connectivity index (χ4v) is 3.92. The second kappa shape index (κ2) is 8.43. The van der Waals surface area contributed by atoms with Crippen molar-refractivity contribution in [3.05, 3.63) is 23.8 Å². The van der Waals surface area contributed by atoms with Gasteiger partial charge in [0.1, 0.15) is 11.8 Å². The number of hydrogen-bond donors (Lipinski definition) is 2. The lowest BCUT2D eigenvalue weighted by Crippen LogP contribution is -2.50. The lowest BCUT2D eigenvalue weighted by molar-refractivity contribution is -0.119. The molecule has 1 aliphatic carbocycles. The Labute approximate surface area is 155 Å². The number of nitrogens with zero attached hydrogens (tertiary/aromatic N) is 1. The number of urea groups is 1. The molecular weight excluding hydrogens is 330 g/mol. The first-order chi connectivity index (χ1) is 12.6. The molecule has 142 valence electrons. The van der Waals surface area contributed by atoms with E-state index in [1.807, 2.05) is 25.1 Å². The Morgan fingerprint density at radius 3 is 2.62 bits per heavy atom. The van der Waals surface area contributed by atoms with Gasteiger partial charge in [0.05, 0.1) is 12.8 Å². The number of carbonyl (C=O) groups is 2. The molecule has 6 nitrogen and oxygen atoms in total. The van der Waals surface area contributed by atoms with Gasteiger partial charge in [0.15, 0.2) is 0 Å². The summed E-state index contributed by atoms with van der Waals surface area (Å²) >= 11 is 0. The summed E-state index contributed by atoms with van der Waals surface area (Å²) in [6, 6.07) is 5.38. The molecule has 2 fully saturated rings. The van der Waals surface area contributed by atoms with Gasteiger partial charge in [-0.25, -0.2) is 4.79 Å². The third-order valence-electron chi connectivity index (χ3n) is 5.36. The maximum Gasteiger partial charge on any atom is 0.318 e. The van der Waals surface area contributed by atoms with Gasteiger partial charge >= 0.3 is 6.03 Å². The molecule has 1 aromatic rings. The van der Waals surface area contributed by atoms with E-state index in [0.717, 1.165) is 24.8 Å². The van der Waals surface area contributed by atoms with E-state index in [1.165, 1.54) is 19.3 Å². The van der Waals surface area contributed by atoms with E-state index in [9.17, 15) is 9.59 Å². The summed E-state index contributed by atoms with van der Waals surface area (Å²) in [5.74, 6) is 0.477. The van der Waals surface area contributed by atoms with E-state index in [-0.39, 0.29) is 18.0 Å². The first-order valence-corrected chi connectivity index (χ1v) is 9.61. The van der Waals surface area contributed by atoms with Crippen molar-refractivity contribution in [2.45, 2.75) is 64.0 Å². The van der Waals surface area contributed by atoms with Crippen LogP contribution in [0.5, 0.6) is 5.75 Å². The Morgan fingerprint density at radius 1 is 1.12 bits per heavy atom. The lowest BCUT2D eigenvalue weighted by atomic mass is 9.96. The van der Waals surface area contributed by atoms with Crippen LogP contribution in [0.1, 0.15) is 50.5 Å². The van der Waals surface area contributed by atoms with Crippen LogP contribution in [-0.4, -0.2) is 42.6 Å². The number of rotatable bonds is 4. The van der Waals surface area contributed by atoms with Crippen LogP contribution in [0.2, 0.25) is 0 Å². The zero-order chi connectivity index (χ0) is 18.5. The molecule has 0 spiro atoms. The molecule has 26 heavy (non-hydrogen) atoms. The topological polar surface area (TPSA) is 70.7 Å². The average Bonchev–Trinajstić information content (AvgIpc) is 3.13. The molecule has 1 aliphatic heterocycles. The van der Waals surface area contributed by atoms with Gasteiger partial charge < -0.3 is 20.3 Å². The molecular formula is C20H29N3O3. The number of carbonyl (C=O) groups excluding carboxylic acids is 2. The maximum absolute atomic E-state index is 12.8. The highest BCUT2D eigenvalue weighted by Crippen LogP contribution is 2.27. The van der Waals surface area contributed by atoms with Crippen molar-refractivity contribution in [1.82, 2.24) is 10.2 Å². The fraction of sp³-hybridized carbons (Fsp3) is 0.600. The van der Waals surface area contributed by atoms with Crippen molar-refractivity contribution in [3.8, 4) is 5.75 Å². The van der Waals surface area contributed by atoms with E-state index in [0.29, 0.717) is 24.4 Å². The standard InChI is InChI=1S/C20H29N3O3/c1-14-10-11-18(26-2)16(13-14)22-19(24)17-9-6-12-23(17)20(25)21-15-7-4-3-5-8-15/h10-11,13,15,17H,3-9,12H2,1-2H3,(H,21,25)(H,22,24). The van der Waals surface area contributed by atoms with Crippen LogP contribution < -0.4 is 15.4 Å². The highest BCUT2D eigenvalue weighted by atomic mass is 16.5. The number of methoxy groups -OCH3 is 1. The van der Waals surface area contributed by atoms with E-state index < -0.39 is 6.04 Å². The summed E-state index contributed by atoms with van der Waals surface area (Å²) < 4.78 is 5.33. The van der Waals surface area contributed by atoms with E-state index in [1.54, 1.807) is 12.0 Å². The molecule has 0 aromatic heterocycles. The smallest absolute Gasteiger partial charge is 0.318 e. The van der Waals surface area contributed by atoms with Gasteiger partial charge in [0, 0.05) is 12.6 Å². The number of hydrogen-bond acceptors (Lipinski definition) is 3. The van der Waals surface area contributed by atoms with Crippen LogP contribution >= 0.6 is 0 Å². The number of likely N-dealkylation sites (tertiary alicyclic amines) is 1. The number of nitrogens with one attached hydrogen (secondary N) is 2. The Balaban J connectivity index is 1.64. The monoisotopic (exact) mass is 359 g/mol. The van der Waals surface area contributed by atoms with Crippen LogP contribution in [0.15, 0.2) is 18.2 Å². The third kappa shape index (κ3) is 4.29. The Hall–Kier alpha value is -2.24. The Kier molecular flexibility index (Phi) is 6.01. The first-order valence-electron chi connectivity index (χ1n) is 9.61. The summed E-state index contributed by atoms with van der Waals surface area (Å²) in [6.45, 7) is 2.59. The summed E-state index contributed by atoms with van der Waals surface area (Å²) in [4.78, 5) is 27.2. The van der Waals surface area contributed by atoms with E-state index in [2.05, 4.69) is 10.6 Å². The lowest BCUT2D eigenvalue weighted by Gasteiger charge is -2.29. The molecule has 1 saturated heterocycles. The molecule has 2 N–H and O–H groups in total. The summed E-state index contributed by atoms with van der Waals surface area (Å²) in [5.41, 5.74) is 1.69. The molecule has 0 radical (unpaired) electrons. The second-order valence-corrected chi connectivity index (χ2v) is 7.33. The van der Waals surface area contributed by atoms with Gasteiger partial charge in [0.25, 0.3) is 0 Å². The molecule has 1 saturated carbocycles. The van der Waals surface area contributed by atoms with Crippen molar-refractivity contribution >= 4 is 17.6 Å². The largest absolute Gasteiger partial charge is 0.495 e. The third-order valence-corrected chi connectivity index (χ3v) is 5.36. The number of aryl methyl sites for hydroxylation is 1. The van der Waals surface area contributed by atoms with Crippen molar-refractivity contribution < 1.29 is 14.3 Å². The molecule has 2 aliphatic rings. The fourth-order valence-electron chi connectivity index (χ4n) is 3.92. The molecule has 1 atom stereocenters. The summed E-state index contributed by atoms with van der Waals surface area (Å²) in [7, 11) is 1.58. The minimum absolute atomic E-state index is 0.106. The predicted molar refractivity (Wildman–Crippen MR) is 101 cm³/mol. The van der Waals surface area contributed by atoms with E-state index in [4.69, 9.17) is 4.74 Å². The van der Waals surface area contributed by atoms with Gasteiger partial charge in [-0.1, -0.05) is 25.3 Å². The van der Waals surface area contributed by atoms with Gasteiger partial charge in [-0.2, -0.15) is 0 Å². The Bertz CT molecular complexity index is 656. The minimum Gasteiger partial charge on any atom is -0.495 e. The van der Waals surface area contributed by atoms with Crippen LogP contribution in [0.4, 0.5) is 10.5 Å². The van der Waals surface area contributed by atoms with Crippen LogP contribution in [0, 0.1) is 6.92 Å². The molecule has 6 heteroatoms. The molecule has 1 heterocycles. The average molecular weight is 359 g/mol. The summed E-state index contributed by atoms with van der Waals surface area (Å²) in [6.07, 6.45) is 7.20. The molecule has 3 rings (SSSR count). The Morgan fingerprint density at radius 2 is 1.88 bits per heavy atom. The van der Waals surface area contributed by atoms with Gasteiger partial charge in [-0.05, 0) is 50.3 Å². The summed E-state index contributed by atoms with van der Waals surface area (Å²) in [5, 5.41) is 6.07. The number of anilines is 1. The normalized spacial score (nSPS) is 20.7. The zero-order valence-electron chi connectivity index (χ0n) is 15.7. The maximum atomic E-state index is 12.8. The molecule has 3 amide bonds. The molecule has 1 aromatic carbocycles. The molecule has 0 bridgehead atoms. The highest BCUT2D eigenvalue weighted by Gasteiger charge is 2.35. The van der Waals surface area contributed by atoms with Crippen LogP contribution in [0.25, 0.3) is 0 Å². The SMILES string of the molecule is COc1ccc(C)cc1NC(=O)C1CCCN1C(=O)NC1CCCCC1. The first kappa shape index (κ1) is 18.5. The zero-order valence-corrected chi connectivity index (χ0v) is 15.7. The van der Waals surface area contributed by atoms with Crippen molar-refractivity contribution in [2.75, 3.05) is 19.0 Å². The van der Waals surface area contributed by atoms with Gasteiger partial charge in [-0.15, -0.1) is 0 Å². The van der Waals surface area contributed by atoms with Crippen molar-refractivity contribution in [1.29, 1.82) is 0 Å². The molecule has 1 unspecified atom stereocenters.